The second-order valence-corrected chi connectivity index (χ2v) is 15.2. The van der Waals surface area contributed by atoms with Gasteiger partial charge in [-0.3, -0.25) is 9.59 Å². The molecule has 0 amide bonds. The van der Waals surface area contributed by atoms with E-state index in [0.29, 0.717) is 19.7 Å². The van der Waals surface area contributed by atoms with Crippen LogP contribution in [-0.4, -0.2) is 57.7 Å². The summed E-state index contributed by atoms with van der Waals surface area (Å²) in [6.07, 6.45) is 4.91. The van der Waals surface area contributed by atoms with Crippen LogP contribution in [0.2, 0.25) is 0 Å². The molecule has 4 atom stereocenters. The van der Waals surface area contributed by atoms with Gasteiger partial charge >= 0.3 is 0 Å². The third-order valence-electron chi connectivity index (χ3n) is 4.16. The Kier molecular flexibility index (Phi) is 11.1. The summed E-state index contributed by atoms with van der Waals surface area (Å²) in [6, 6.07) is 0. The lowest BCUT2D eigenvalue weighted by Gasteiger charge is -2.34. The summed E-state index contributed by atoms with van der Waals surface area (Å²) in [5, 5.41) is 1.34. The van der Waals surface area contributed by atoms with Crippen molar-refractivity contribution >= 4 is 93.4 Å². The van der Waals surface area contributed by atoms with Gasteiger partial charge in [-0.05, 0) is 31.9 Å². The SMILES string of the molecule is C=CC(=O)SCCC1CSC(C(C)(S)C2SCC(CCSC(=O)C=C)S2)S1. The fourth-order valence-corrected chi connectivity index (χ4v) is 12.8. The van der Waals surface area contributed by atoms with Crippen LogP contribution in [0.5, 0.6) is 0 Å². The van der Waals surface area contributed by atoms with Gasteiger partial charge in [0.05, 0.1) is 13.9 Å². The van der Waals surface area contributed by atoms with Gasteiger partial charge in [-0.25, -0.2) is 0 Å². The van der Waals surface area contributed by atoms with E-state index in [9.17, 15) is 9.59 Å². The van der Waals surface area contributed by atoms with Crippen molar-refractivity contribution in [1.29, 1.82) is 0 Å². The van der Waals surface area contributed by atoms with E-state index in [2.05, 4.69) is 20.1 Å². The summed E-state index contributed by atoms with van der Waals surface area (Å²) in [7, 11) is 0. The van der Waals surface area contributed by atoms with Gasteiger partial charge in [-0.2, -0.15) is 12.6 Å². The molecule has 0 aromatic rings. The number of rotatable bonds is 10. The molecule has 2 fully saturated rings. The zero-order chi connectivity index (χ0) is 19.9. The quantitative estimate of drug-likeness (QED) is 0.304. The van der Waals surface area contributed by atoms with Gasteiger partial charge in [0.1, 0.15) is 0 Å². The highest BCUT2D eigenvalue weighted by Gasteiger charge is 2.46. The Morgan fingerprint density at radius 1 is 1.00 bits per heavy atom. The summed E-state index contributed by atoms with van der Waals surface area (Å²) >= 11 is 16.0. The molecular weight excluding hydrogens is 473 g/mol. The fraction of sp³-hybridized carbons (Fsp3) is 0.667. The number of thiol groups is 1. The normalized spacial score (nSPS) is 30.0. The molecule has 27 heavy (non-hydrogen) atoms. The molecule has 2 nitrogen and oxygen atoms in total. The van der Waals surface area contributed by atoms with Crippen molar-refractivity contribution in [3.05, 3.63) is 25.3 Å². The van der Waals surface area contributed by atoms with Gasteiger partial charge in [0.15, 0.2) is 0 Å². The number of hydrogen-bond donors (Lipinski definition) is 1. The van der Waals surface area contributed by atoms with Gasteiger partial charge in [0, 0.05) is 33.5 Å². The molecule has 2 aliphatic heterocycles. The minimum atomic E-state index is -0.0394. The van der Waals surface area contributed by atoms with Crippen molar-refractivity contribution in [1.82, 2.24) is 0 Å². The number of carbonyl (C=O) groups excluding carboxylic acids is 2. The van der Waals surface area contributed by atoms with Gasteiger partial charge in [-0.15, -0.1) is 47.0 Å². The Hall–Kier alpha value is 1.27. The van der Waals surface area contributed by atoms with E-state index in [1.807, 2.05) is 47.0 Å². The Balaban J connectivity index is 1.74. The summed E-state index contributed by atoms with van der Waals surface area (Å²) in [5.41, 5.74) is 0. The maximum Gasteiger partial charge on any atom is 0.211 e. The van der Waals surface area contributed by atoms with Crippen LogP contribution in [0.25, 0.3) is 0 Å². The molecule has 0 bridgehead atoms. The molecule has 0 spiro atoms. The van der Waals surface area contributed by atoms with E-state index in [1.165, 1.54) is 35.7 Å². The Morgan fingerprint density at radius 3 is 1.78 bits per heavy atom. The van der Waals surface area contributed by atoms with E-state index in [4.69, 9.17) is 12.6 Å². The zero-order valence-electron chi connectivity index (χ0n) is 15.3. The van der Waals surface area contributed by atoms with Gasteiger partial charge in [-0.1, -0.05) is 36.7 Å². The van der Waals surface area contributed by atoms with Crippen molar-refractivity contribution < 1.29 is 9.59 Å². The molecule has 152 valence electrons. The van der Waals surface area contributed by atoms with E-state index < -0.39 is 0 Å². The second kappa shape index (κ2) is 12.2. The van der Waals surface area contributed by atoms with E-state index in [1.54, 1.807) is 0 Å². The molecular formula is C18H26O2S7. The van der Waals surface area contributed by atoms with E-state index >= 15 is 0 Å². The molecule has 0 radical (unpaired) electrons. The van der Waals surface area contributed by atoms with Crippen LogP contribution >= 0.6 is 83.2 Å². The average Bonchev–Trinajstić information content (AvgIpc) is 3.31. The van der Waals surface area contributed by atoms with Crippen LogP contribution in [0.1, 0.15) is 19.8 Å². The molecule has 9 heteroatoms. The van der Waals surface area contributed by atoms with Crippen LogP contribution in [0, 0.1) is 0 Å². The summed E-state index contributed by atoms with van der Waals surface area (Å²) in [5.74, 6) is 4.02. The first-order valence-corrected chi connectivity index (χ1v) is 15.1. The highest BCUT2D eigenvalue weighted by atomic mass is 32.2. The lowest BCUT2D eigenvalue weighted by Crippen LogP contribution is -2.36. The van der Waals surface area contributed by atoms with Crippen molar-refractivity contribution in [3.63, 3.8) is 0 Å². The lowest BCUT2D eigenvalue weighted by molar-refractivity contribution is -0.107. The van der Waals surface area contributed by atoms with Crippen LogP contribution < -0.4 is 0 Å². The highest BCUT2D eigenvalue weighted by molar-refractivity contribution is 8.23. The summed E-state index contributed by atoms with van der Waals surface area (Å²) < 4.78 is 0.917. The van der Waals surface area contributed by atoms with Crippen LogP contribution in [0.3, 0.4) is 0 Å². The first-order chi connectivity index (χ1) is 12.9. The van der Waals surface area contributed by atoms with E-state index in [0.717, 1.165) is 35.9 Å². The van der Waals surface area contributed by atoms with Crippen LogP contribution in [0.4, 0.5) is 0 Å². The number of carbonyl (C=O) groups is 2. The number of hydrogen-bond acceptors (Lipinski definition) is 9. The van der Waals surface area contributed by atoms with Crippen LogP contribution in [0.15, 0.2) is 25.3 Å². The smallest absolute Gasteiger partial charge is 0.211 e. The molecule has 0 saturated carbocycles. The van der Waals surface area contributed by atoms with Crippen LogP contribution in [-0.2, 0) is 9.59 Å². The third-order valence-corrected chi connectivity index (χ3v) is 14.9. The monoisotopic (exact) mass is 498 g/mol. The molecule has 2 aliphatic rings. The van der Waals surface area contributed by atoms with Crippen molar-refractivity contribution in [2.75, 3.05) is 23.0 Å². The Morgan fingerprint density at radius 2 is 1.41 bits per heavy atom. The lowest BCUT2D eigenvalue weighted by atomic mass is 10.2. The fourth-order valence-electron chi connectivity index (χ4n) is 2.62. The summed E-state index contributed by atoms with van der Waals surface area (Å²) in [6.45, 7) is 9.32. The molecule has 2 saturated heterocycles. The Bertz CT molecular complexity index is 506. The standard InChI is InChI=1S/C18H26O2S7/c1-4-14(19)22-8-6-12-10-24-16(26-12)18(3,21)17-25-11-13(27-17)7-9-23-15(20)5-2/h4-5,12-13,16-17,21H,1-2,6-11H2,3H3. The zero-order valence-corrected chi connectivity index (χ0v) is 21.1. The maximum atomic E-state index is 11.3. The molecule has 0 aromatic carbocycles. The predicted octanol–water partition coefficient (Wildman–Crippen LogP) is 5.70. The first-order valence-electron chi connectivity index (χ1n) is 8.71. The molecule has 0 aliphatic carbocycles. The van der Waals surface area contributed by atoms with Crippen molar-refractivity contribution in [3.8, 4) is 0 Å². The van der Waals surface area contributed by atoms with Gasteiger partial charge in [0.2, 0.25) is 10.2 Å². The minimum Gasteiger partial charge on any atom is -0.282 e. The highest BCUT2D eigenvalue weighted by Crippen LogP contribution is 2.56. The summed E-state index contributed by atoms with van der Waals surface area (Å²) in [4.78, 5) is 22.7. The van der Waals surface area contributed by atoms with Gasteiger partial charge in [0.25, 0.3) is 0 Å². The maximum absolute atomic E-state index is 11.3. The minimum absolute atomic E-state index is 0.0394. The van der Waals surface area contributed by atoms with E-state index in [-0.39, 0.29) is 15.0 Å². The molecule has 2 rings (SSSR count). The predicted molar refractivity (Wildman–Crippen MR) is 137 cm³/mol. The molecule has 4 unspecified atom stereocenters. The second-order valence-electron chi connectivity index (χ2n) is 6.39. The van der Waals surface area contributed by atoms with Crippen molar-refractivity contribution in [2.45, 2.75) is 44.2 Å². The largest absolute Gasteiger partial charge is 0.282 e. The van der Waals surface area contributed by atoms with Gasteiger partial charge < -0.3 is 0 Å². The molecule has 0 aromatic heterocycles. The topological polar surface area (TPSA) is 34.1 Å². The molecule has 0 N–H and O–H groups in total. The Labute approximate surface area is 194 Å². The third kappa shape index (κ3) is 7.79. The molecule has 2 heterocycles. The first kappa shape index (κ1) is 24.5. The van der Waals surface area contributed by atoms with Crippen molar-refractivity contribution in [2.24, 2.45) is 0 Å². The number of thioether (sulfide) groups is 6. The average molecular weight is 499 g/mol.